The van der Waals surface area contributed by atoms with Gasteiger partial charge in [0, 0.05) is 11.1 Å². The largest absolute Gasteiger partial charge is 0.399 e. The molecule has 0 fully saturated rings. The summed E-state index contributed by atoms with van der Waals surface area (Å²) in [4.78, 5) is 0. The average molecular weight is 241 g/mol. The minimum Gasteiger partial charge on any atom is -0.399 e. The number of aromatic nitrogens is 2. The summed E-state index contributed by atoms with van der Waals surface area (Å²) in [5.41, 5.74) is 8.14. The number of nitrogen functional groups attached to an aromatic ring is 1. The molecule has 3 aromatic rings. The molecule has 0 aliphatic heterocycles. The Morgan fingerprint density at radius 3 is 2.72 bits per heavy atom. The molecule has 3 nitrogen and oxygen atoms in total. The van der Waals surface area contributed by atoms with Gasteiger partial charge in [-0.15, -0.1) is 0 Å². The van der Waals surface area contributed by atoms with E-state index in [0.717, 1.165) is 16.6 Å². The van der Waals surface area contributed by atoms with Gasteiger partial charge in [0.15, 0.2) is 5.82 Å². The van der Waals surface area contributed by atoms with Crippen molar-refractivity contribution in [3.8, 4) is 5.69 Å². The third kappa shape index (κ3) is 1.54. The van der Waals surface area contributed by atoms with Crippen LogP contribution in [-0.4, -0.2) is 9.78 Å². The fourth-order valence-corrected chi connectivity index (χ4v) is 2.10. The number of hydrogen-bond donors (Lipinski definition) is 1. The molecule has 0 bridgehead atoms. The maximum atomic E-state index is 13.9. The maximum absolute atomic E-state index is 13.9. The summed E-state index contributed by atoms with van der Waals surface area (Å²) in [5, 5.41) is 5.41. The molecule has 0 unspecified atom stereocenters. The third-order valence-electron chi connectivity index (χ3n) is 2.97. The van der Waals surface area contributed by atoms with Crippen LogP contribution in [0.4, 0.5) is 10.1 Å². The van der Waals surface area contributed by atoms with Crippen LogP contribution in [0.2, 0.25) is 0 Å². The highest BCUT2D eigenvalue weighted by atomic mass is 19.1. The van der Waals surface area contributed by atoms with Crippen molar-refractivity contribution in [3.05, 3.63) is 54.0 Å². The standard InChI is InChI=1S/C14H12FN3/c1-9-11-4-2-3-5-13(11)18(17-9)14-7-6-10(16)8-12(14)15/h2-8H,16H2,1H3. The summed E-state index contributed by atoms with van der Waals surface area (Å²) in [5.74, 6) is -0.372. The summed E-state index contributed by atoms with van der Waals surface area (Å²) in [6, 6.07) is 12.4. The molecule has 90 valence electrons. The fourth-order valence-electron chi connectivity index (χ4n) is 2.10. The maximum Gasteiger partial charge on any atom is 0.150 e. The number of aryl methyl sites for hydroxylation is 1. The average Bonchev–Trinajstić information content (AvgIpc) is 2.68. The third-order valence-corrected chi connectivity index (χ3v) is 2.97. The Labute approximate surface area is 104 Å². The van der Waals surface area contributed by atoms with E-state index in [2.05, 4.69) is 5.10 Å². The van der Waals surface area contributed by atoms with Crippen LogP contribution in [0.5, 0.6) is 0 Å². The Morgan fingerprint density at radius 2 is 1.94 bits per heavy atom. The second-order valence-corrected chi connectivity index (χ2v) is 4.23. The smallest absolute Gasteiger partial charge is 0.150 e. The van der Waals surface area contributed by atoms with Gasteiger partial charge in [0.2, 0.25) is 0 Å². The van der Waals surface area contributed by atoms with E-state index in [1.54, 1.807) is 16.8 Å². The van der Waals surface area contributed by atoms with Crippen molar-refractivity contribution in [1.29, 1.82) is 0 Å². The quantitative estimate of drug-likeness (QED) is 0.665. The van der Waals surface area contributed by atoms with Crippen molar-refractivity contribution >= 4 is 16.6 Å². The Balaban J connectivity index is 2.32. The minimum absolute atomic E-state index is 0.372. The summed E-state index contributed by atoms with van der Waals surface area (Å²) < 4.78 is 15.5. The number of fused-ring (bicyclic) bond motifs is 1. The van der Waals surface area contributed by atoms with Gasteiger partial charge in [0.1, 0.15) is 5.69 Å². The lowest BCUT2D eigenvalue weighted by atomic mass is 10.2. The molecule has 1 heterocycles. The van der Waals surface area contributed by atoms with E-state index in [1.807, 2.05) is 31.2 Å². The molecule has 3 rings (SSSR count). The molecule has 0 spiro atoms. The van der Waals surface area contributed by atoms with Crippen LogP contribution < -0.4 is 5.73 Å². The second kappa shape index (κ2) is 3.84. The predicted molar refractivity (Wildman–Crippen MR) is 70.2 cm³/mol. The highest BCUT2D eigenvalue weighted by molar-refractivity contribution is 5.83. The number of benzene rings is 2. The fraction of sp³-hybridized carbons (Fsp3) is 0.0714. The molecule has 4 heteroatoms. The van der Waals surface area contributed by atoms with Gasteiger partial charge in [0.05, 0.1) is 11.2 Å². The van der Waals surface area contributed by atoms with Gasteiger partial charge < -0.3 is 5.73 Å². The van der Waals surface area contributed by atoms with E-state index in [1.165, 1.54) is 6.07 Å². The molecule has 2 aromatic carbocycles. The molecule has 0 aliphatic carbocycles. The Hall–Kier alpha value is -2.36. The lowest BCUT2D eigenvalue weighted by Gasteiger charge is -2.05. The number of halogens is 1. The predicted octanol–water partition coefficient (Wildman–Crippen LogP) is 3.06. The zero-order valence-electron chi connectivity index (χ0n) is 9.89. The molecular formula is C14H12FN3. The number of hydrogen-bond acceptors (Lipinski definition) is 2. The minimum atomic E-state index is -0.372. The van der Waals surface area contributed by atoms with Crippen molar-refractivity contribution < 1.29 is 4.39 Å². The molecule has 0 aliphatic rings. The van der Waals surface area contributed by atoms with Gasteiger partial charge in [0.25, 0.3) is 0 Å². The van der Waals surface area contributed by atoms with E-state index in [0.29, 0.717) is 11.4 Å². The van der Waals surface area contributed by atoms with E-state index in [9.17, 15) is 4.39 Å². The Morgan fingerprint density at radius 1 is 1.17 bits per heavy atom. The number of nitrogens with zero attached hydrogens (tertiary/aromatic N) is 2. The highest BCUT2D eigenvalue weighted by Gasteiger charge is 2.11. The summed E-state index contributed by atoms with van der Waals surface area (Å²) in [7, 11) is 0. The summed E-state index contributed by atoms with van der Waals surface area (Å²) in [6.07, 6.45) is 0. The lowest BCUT2D eigenvalue weighted by molar-refractivity contribution is 0.613. The van der Waals surface area contributed by atoms with Crippen LogP contribution in [0.15, 0.2) is 42.5 Å². The Kier molecular flexibility index (Phi) is 2.30. The molecule has 1 aromatic heterocycles. The van der Waals surface area contributed by atoms with Crippen LogP contribution in [0, 0.1) is 12.7 Å². The first-order valence-electron chi connectivity index (χ1n) is 5.66. The Bertz CT molecular complexity index is 731. The molecule has 0 saturated heterocycles. The lowest BCUT2D eigenvalue weighted by Crippen LogP contribution is -2.00. The first-order chi connectivity index (χ1) is 8.66. The SMILES string of the molecule is Cc1nn(-c2ccc(N)cc2F)c2ccccc12. The number of rotatable bonds is 1. The molecule has 2 N–H and O–H groups in total. The van der Waals surface area contributed by atoms with E-state index >= 15 is 0 Å². The molecule has 0 saturated carbocycles. The molecule has 0 radical (unpaired) electrons. The number of anilines is 1. The number of para-hydroxylation sites is 1. The second-order valence-electron chi connectivity index (χ2n) is 4.23. The van der Waals surface area contributed by atoms with Crippen LogP contribution >= 0.6 is 0 Å². The van der Waals surface area contributed by atoms with Crippen LogP contribution in [0.3, 0.4) is 0 Å². The van der Waals surface area contributed by atoms with E-state index in [4.69, 9.17) is 5.73 Å². The molecule has 0 atom stereocenters. The van der Waals surface area contributed by atoms with E-state index < -0.39 is 0 Å². The van der Waals surface area contributed by atoms with Gasteiger partial charge in [-0.05, 0) is 31.2 Å². The van der Waals surface area contributed by atoms with Gasteiger partial charge in [-0.3, -0.25) is 0 Å². The van der Waals surface area contributed by atoms with Crippen molar-refractivity contribution in [2.75, 3.05) is 5.73 Å². The number of nitrogens with two attached hydrogens (primary N) is 1. The first kappa shape index (κ1) is 10.8. The monoisotopic (exact) mass is 241 g/mol. The van der Waals surface area contributed by atoms with Gasteiger partial charge >= 0.3 is 0 Å². The van der Waals surface area contributed by atoms with Gasteiger partial charge in [-0.2, -0.15) is 5.10 Å². The molecular weight excluding hydrogens is 229 g/mol. The zero-order valence-corrected chi connectivity index (χ0v) is 9.89. The molecule has 18 heavy (non-hydrogen) atoms. The van der Waals surface area contributed by atoms with Crippen molar-refractivity contribution in [2.45, 2.75) is 6.92 Å². The van der Waals surface area contributed by atoms with Gasteiger partial charge in [-0.1, -0.05) is 18.2 Å². The highest BCUT2D eigenvalue weighted by Crippen LogP contribution is 2.23. The summed E-state index contributed by atoms with van der Waals surface area (Å²) >= 11 is 0. The normalized spacial score (nSPS) is 11.0. The molecule has 0 amide bonds. The van der Waals surface area contributed by atoms with Crippen molar-refractivity contribution in [2.24, 2.45) is 0 Å². The zero-order chi connectivity index (χ0) is 12.7. The topological polar surface area (TPSA) is 43.8 Å². The van der Waals surface area contributed by atoms with E-state index in [-0.39, 0.29) is 5.82 Å². The van der Waals surface area contributed by atoms with Crippen molar-refractivity contribution in [3.63, 3.8) is 0 Å². The summed E-state index contributed by atoms with van der Waals surface area (Å²) in [6.45, 7) is 1.91. The van der Waals surface area contributed by atoms with Crippen LogP contribution in [0.25, 0.3) is 16.6 Å². The van der Waals surface area contributed by atoms with Crippen LogP contribution in [0.1, 0.15) is 5.69 Å². The first-order valence-corrected chi connectivity index (χ1v) is 5.66. The van der Waals surface area contributed by atoms with Gasteiger partial charge in [-0.25, -0.2) is 9.07 Å². The van der Waals surface area contributed by atoms with Crippen molar-refractivity contribution in [1.82, 2.24) is 9.78 Å². The van der Waals surface area contributed by atoms with Crippen LogP contribution in [-0.2, 0) is 0 Å².